The Morgan fingerprint density at radius 2 is 2.25 bits per heavy atom. The highest BCUT2D eigenvalue weighted by Gasteiger charge is 2.06. The van der Waals surface area contributed by atoms with E-state index < -0.39 is 0 Å². The first-order valence-electron chi connectivity index (χ1n) is 4.97. The van der Waals surface area contributed by atoms with Gasteiger partial charge in [0.2, 0.25) is 0 Å². The third kappa shape index (κ3) is 3.97. The Labute approximate surface area is 109 Å². The minimum Gasteiger partial charge on any atom is -0.394 e. The van der Waals surface area contributed by atoms with Gasteiger partial charge in [0.15, 0.2) is 0 Å². The lowest BCUT2D eigenvalue weighted by Gasteiger charge is -2.12. The molecule has 0 aromatic heterocycles. The van der Waals surface area contributed by atoms with Gasteiger partial charge in [-0.1, -0.05) is 6.07 Å². The van der Waals surface area contributed by atoms with Crippen LogP contribution in [0.5, 0.6) is 0 Å². The minimum absolute atomic E-state index is 0.0706. The first kappa shape index (κ1) is 13.2. The molecule has 0 aliphatic rings. The van der Waals surface area contributed by atoms with E-state index in [0.29, 0.717) is 0 Å². The van der Waals surface area contributed by atoms with Crippen molar-refractivity contribution in [1.29, 1.82) is 0 Å². The van der Waals surface area contributed by atoms with Crippen LogP contribution in [0.4, 0.5) is 10.5 Å². The second-order valence-corrected chi connectivity index (χ2v) is 4.81. The summed E-state index contributed by atoms with van der Waals surface area (Å²) in [5.41, 5.74) is 1.92. The zero-order chi connectivity index (χ0) is 12.1. The standard InChI is InChI=1S/C11H15IN2O2/c1-7-3-4-9(5-10(7)12)14-11(16)13-8(2)6-15/h3-5,8,15H,6H2,1-2H3,(H2,13,14,16)/t8-/m0/s1. The van der Waals surface area contributed by atoms with Gasteiger partial charge in [0, 0.05) is 9.26 Å². The Bertz CT molecular complexity index is 382. The first-order valence-corrected chi connectivity index (χ1v) is 6.05. The number of hydrogen-bond donors (Lipinski definition) is 3. The number of carbonyl (C=O) groups is 1. The third-order valence-electron chi connectivity index (χ3n) is 2.08. The summed E-state index contributed by atoms with van der Waals surface area (Å²) in [5, 5.41) is 14.1. The minimum atomic E-state index is -0.304. The molecule has 0 saturated carbocycles. The maximum absolute atomic E-state index is 11.4. The van der Waals surface area contributed by atoms with Gasteiger partial charge in [-0.3, -0.25) is 0 Å². The van der Waals surface area contributed by atoms with Crippen molar-refractivity contribution in [3.8, 4) is 0 Å². The molecule has 0 radical (unpaired) electrons. The van der Waals surface area contributed by atoms with E-state index >= 15 is 0 Å². The average molecular weight is 334 g/mol. The van der Waals surface area contributed by atoms with Gasteiger partial charge >= 0.3 is 6.03 Å². The summed E-state index contributed by atoms with van der Waals surface area (Å²) in [7, 11) is 0. The lowest BCUT2D eigenvalue weighted by molar-refractivity contribution is 0.229. The number of aliphatic hydroxyl groups is 1. The molecule has 0 aliphatic carbocycles. The summed E-state index contributed by atoms with van der Waals surface area (Å²) in [6.07, 6.45) is 0. The molecule has 1 atom stereocenters. The monoisotopic (exact) mass is 334 g/mol. The first-order chi connectivity index (χ1) is 7.52. The fraction of sp³-hybridized carbons (Fsp3) is 0.364. The number of benzene rings is 1. The SMILES string of the molecule is Cc1ccc(NC(=O)N[C@@H](C)CO)cc1I. The van der Waals surface area contributed by atoms with Gasteiger partial charge < -0.3 is 15.7 Å². The number of aliphatic hydroxyl groups excluding tert-OH is 1. The van der Waals surface area contributed by atoms with Gasteiger partial charge in [-0.15, -0.1) is 0 Å². The van der Waals surface area contributed by atoms with Gasteiger partial charge in [0.25, 0.3) is 0 Å². The van der Waals surface area contributed by atoms with Crippen molar-refractivity contribution < 1.29 is 9.90 Å². The number of anilines is 1. The highest BCUT2D eigenvalue weighted by Crippen LogP contribution is 2.16. The topological polar surface area (TPSA) is 61.4 Å². The van der Waals surface area contributed by atoms with Crippen molar-refractivity contribution in [2.75, 3.05) is 11.9 Å². The van der Waals surface area contributed by atoms with Crippen LogP contribution in [-0.2, 0) is 0 Å². The predicted octanol–water partition coefficient (Wildman–Crippen LogP) is 2.10. The molecule has 3 N–H and O–H groups in total. The summed E-state index contributed by atoms with van der Waals surface area (Å²) in [4.78, 5) is 11.4. The highest BCUT2D eigenvalue weighted by atomic mass is 127. The third-order valence-corrected chi connectivity index (χ3v) is 3.24. The Morgan fingerprint density at radius 3 is 2.81 bits per heavy atom. The second kappa shape index (κ2) is 6.05. The fourth-order valence-electron chi connectivity index (χ4n) is 1.11. The van der Waals surface area contributed by atoms with Crippen molar-refractivity contribution in [1.82, 2.24) is 5.32 Å². The van der Waals surface area contributed by atoms with Gasteiger partial charge in [0.1, 0.15) is 0 Å². The Balaban J connectivity index is 2.59. The van der Waals surface area contributed by atoms with Crippen LogP contribution in [0.3, 0.4) is 0 Å². The van der Waals surface area contributed by atoms with Crippen molar-refractivity contribution >= 4 is 34.3 Å². The van der Waals surface area contributed by atoms with Gasteiger partial charge in [0.05, 0.1) is 12.6 Å². The van der Waals surface area contributed by atoms with Crippen LogP contribution >= 0.6 is 22.6 Å². The normalized spacial score (nSPS) is 12.0. The second-order valence-electron chi connectivity index (χ2n) is 3.65. The number of aryl methyl sites for hydroxylation is 1. The maximum Gasteiger partial charge on any atom is 0.319 e. The molecular formula is C11H15IN2O2. The van der Waals surface area contributed by atoms with Crippen LogP contribution in [-0.4, -0.2) is 23.8 Å². The summed E-state index contributed by atoms with van der Waals surface area (Å²) in [6.45, 7) is 3.68. The smallest absolute Gasteiger partial charge is 0.319 e. The number of hydrogen-bond acceptors (Lipinski definition) is 2. The van der Waals surface area contributed by atoms with Crippen molar-refractivity contribution in [2.45, 2.75) is 19.9 Å². The van der Waals surface area contributed by atoms with Crippen LogP contribution < -0.4 is 10.6 Å². The van der Waals surface area contributed by atoms with Crippen molar-refractivity contribution in [3.63, 3.8) is 0 Å². The lowest BCUT2D eigenvalue weighted by atomic mass is 10.2. The van der Waals surface area contributed by atoms with Crippen LogP contribution in [0.25, 0.3) is 0 Å². The fourth-order valence-corrected chi connectivity index (χ4v) is 1.62. The van der Waals surface area contributed by atoms with E-state index in [0.717, 1.165) is 9.26 Å². The van der Waals surface area contributed by atoms with E-state index in [9.17, 15) is 4.79 Å². The lowest BCUT2D eigenvalue weighted by Crippen LogP contribution is -2.38. The number of rotatable bonds is 3. The van der Waals surface area contributed by atoms with E-state index in [2.05, 4.69) is 33.2 Å². The van der Waals surface area contributed by atoms with Crippen LogP contribution in [0.15, 0.2) is 18.2 Å². The van der Waals surface area contributed by atoms with Crippen molar-refractivity contribution in [3.05, 3.63) is 27.3 Å². The quantitative estimate of drug-likeness (QED) is 0.742. The molecule has 1 aromatic rings. The molecule has 2 amide bonds. The molecule has 1 aromatic carbocycles. The molecule has 0 spiro atoms. The van der Waals surface area contributed by atoms with Gasteiger partial charge in [-0.2, -0.15) is 0 Å². The van der Waals surface area contributed by atoms with Gasteiger partial charge in [-0.25, -0.2) is 4.79 Å². The molecule has 88 valence electrons. The molecule has 5 heteroatoms. The molecule has 0 unspecified atom stereocenters. The van der Waals surface area contributed by atoms with E-state index in [1.54, 1.807) is 6.92 Å². The summed E-state index contributed by atoms with van der Waals surface area (Å²) < 4.78 is 1.10. The zero-order valence-electron chi connectivity index (χ0n) is 9.25. The highest BCUT2D eigenvalue weighted by molar-refractivity contribution is 14.1. The summed E-state index contributed by atoms with van der Waals surface area (Å²) >= 11 is 2.22. The van der Waals surface area contributed by atoms with E-state index in [-0.39, 0.29) is 18.7 Å². The van der Waals surface area contributed by atoms with Gasteiger partial charge in [-0.05, 0) is 54.1 Å². The Hall–Kier alpha value is -0.820. The van der Waals surface area contributed by atoms with E-state index in [1.165, 1.54) is 5.56 Å². The number of amides is 2. The molecule has 16 heavy (non-hydrogen) atoms. The Morgan fingerprint density at radius 1 is 1.56 bits per heavy atom. The molecule has 0 saturated heterocycles. The van der Waals surface area contributed by atoms with E-state index in [1.807, 2.05) is 25.1 Å². The summed E-state index contributed by atoms with van der Waals surface area (Å²) in [6, 6.07) is 5.15. The van der Waals surface area contributed by atoms with E-state index in [4.69, 9.17) is 5.11 Å². The summed E-state index contributed by atoms with van der Waals surface area (Å²) in [5.74, 6) is 0. The number of nitrogens with one attached hydrogen (secondary N) is 2. The molecule has 1 rings (SSSR count). The Kier molecular flexibility index (Phi) is 5.01. The molecule has 0 aliphatic heterocycles. The van der Waals surface area contributed by atoms with Crippen molar-refractivity contribution in [2.24, 2.45) is 0 Å². The van der Waals surface area contributed by atoms with Crippen LogP contribution in [0, 0.1) is 10.5 Å². The molecular weight excluding hydrogens is 319 g/mol. The number of urea groups is 1. The predicted molar refractivity (Wildman–Crippen MR) is 72.6 cm³/mol. The zero-order valence-corrected chi connectivity index (χ0v) is 11.4. The van der Waals surface area contributed by atoms with Crippen LogP contribution in [0.1, 0.15) is 12.5 Å². The molecule has 4 nitrogen and oxygen atoms in total. The largest absolute Gasteiger partial charge is 0.394 e. The number of halogens is 1. The molecule has 0 heterocycles. The molecule has 0 bridgehead atoms. The maximum atomic E-state index is 11.4. The number of carbonyl (C=O) groups excluding carboxylic acids is 1. The average Bonchev–Trinajstić information content (AvgIpc) is 2.23. The molecule has 0 fully saturated rings. The van der Waals surface area contributed by atoms with Crippen LogP contribution in [0.2, 0.25) is 0 Å².